The molecule has 1 heterocycles. The number of nitro groups is 1. The summed E-state index contributed by atoms with van der Waals surface area (Å²) in [5.74, 6) is 0.134. The Balaban J connectivity index is 2.24. The number of pyridine rings is 1. The molecule has 0 atom stereocenters. The first-order valence-corrected chi connectivity index (χ1v) is 6.22. The normalized spacial score (nSPS) is 10.0. The zero-order valence-corrected chi connectivity index (χ0v) is 11.6. The number of carbonyl (C=O) groups excluding carboxylic acids is 1. The zero-order valence-electron chi connectivity index (χ0n) is 11.6. The van der Waals surface area contributed by atoms with E-state index in [2.05, 4.69) is 15.6 Å². The summed E-state index contributed by atoms with van der Waals surface area (Å²) in [6.07, 6.45) is 1.58. The van der Waals surface area contributed by atoms with Crippen LogP contribution in [0.3, 0.4) is 0 Å². The molecule has 1 amide bonds. The minimum absolute atomic E-state index is 0.0188. The zero-order chi connectivity index (χ0) is 15.4. The third-order valence-electron chi connectivity index (χ3n) is 2.94. The van der Waals surface area contributed by atoms with E-state index in [0.717, 1.165) is 0 Å². The SMILES string of the molecule is CNc1ncccc1C(=O)Nc1ccc([N+](=O)[O-])c(C)c1. The Labute approximate surface area is 121 Å². The van der Waals surface area contributed by atoms with Crippen LogP contribution in [0.5, 0.6) is 0 Å². The molecule has 1 aromatic carbocycles. The van der Waals surface area contributed by atoms with Crippen LogP contribution in [0.25, 0.3) is 0 Å². The minimum atomic E-state index is -0.457. The Morgan fingerprint density at radius 3 is 2.71 bits per heavy atom. The van der Waals surface area contributed by atoms with Crippen LogP contribution in [-0.2, 0) is 0 Å². The van der Waals surface area contributed by atoms with Gasteiger partial charge in [-0.1, -0.05) is 0 Å². The van der Waals surface area contributed by atoms with Gasteiger partial charge in [-0.3, -0.25) is 14.9 Å². The smallest absolute Gasteiger partial charge is 0.272 e. The first kappa shape index (κ1) is 14.4. The highest BCUT2D eigenvalue weighted by molar-refractivity contribution is 6.07. The van der Waals surface area contributed by atoms with Crippen LogP contribution in [-0.4, -0.2) is 22.9 Å². The van der Waals surface area contributed by atoms with Gasteiger partial charge in [0.05, 0.1) is 10.5 Å². The highest BCUT2D eigenvalue weighted by Crippen LogP contribution is 2.22. The molecule has 0 aliphatic carbocycles. The van der Waals surface area contributed by atoms with E-state index in [0.29, 0.717) is 22.6 Å². The highest BCUT2D eigenvalue weighted by atomic mass is 16.6. The molecular weight excluding hydrogens is 272 g/mol. The van der Waals surface area contributed by atoms with Gasteiger partial charge in [-0.05, 0) is 31.2 Å². The molecular formula is C14H14N4O3. The third kappa shape index (κ3) is 3.14. The van der Waals surface area contributed by atoms with E-state index in [1.54, 1.807) is 38.4 Å². The van der Waals surface area contributed by atoms with E-state index < -0.39 is 4.92 Å². The third-order valence-corrected chi connectivity index (χ3v) is 2.94. The van der Waals surface area contributed by atoms with Crippen molar-refractivity contribution >= 4 is 23.1 Å². The largest absolute Gasteiger partial charge is 0.372 e. The summed E-state index contributed by atoms with van der Waals surface area (Å²) >= 11 is 0. The van der Waals surface area contributed by atoms with Gasteiger partial charge in [-0.15, -0.1) is 0 Å². The number of amides is 1. The van der Waals surface area contributed by atoms with Crippen LogP contribution in [0, 0.1) is 17.0 Å². The number of nitro benzene ring substituents is 1. The lowest BCUT2D eigenvalue weighted by Gasteiger charge is -2.09. The summed E-state index contributed by atoms with van der Waals surface area (Å²) in [4.78, 5) is 26.6. The van der Waals surface area contributed by atoms with Crippen LogP contribution < -0.4 is 10.6 Å². The van der Waals surface area contributed by atoms with Crippen LogP contribution in [0.1, 0.15) is 15.9 Å². The van der Waals surface area contributed by atoms with Crippen molar-refractivity contribution in [1.29, 1.82) is 0 Å². The first-order valence-electron chi connectivity index (χ1n) is 6.22. The van der Waals surface area contributed by atoms with Gasteiger partial charge in [0.25, 0.3) is 11.6 Å². The number of hydrogen-bond donors (Lipinski definition) is 2. The molecule has 2 N–H and O–H groups in total. The summed E-state index contributed by atoms with van der Waals surface area (Å²) in [5.41, 5.74) is 1.40. The molecule has 108 valence electrons. The van der Waals surface area contributed by atoms with Crippen molar-refractivity contribution in [1.82, 2.24) is 4.98 Å². The maximum absolute atomic E-state index is 12.2. The second-order valence-electron chi connectivity index (χ2n) is 4.36. The number of benzene rings is 1. The number of rotatable bonds is 4. The van der Waals surface area contributed by atoms with Crippen molar-refractivity contribution in [3.8, 4) is 0 Å². The highest BCUT2D eigenvalue weighted by Gasteiger charge is 2.14. The van der Waals surface area contributed by atoms with Crippen molar-refractivity contribution in [2.75, 3.05) is 17.7 Å². The molecule has 1 aromatic heterocycles. The number of nitrogens with one attached hydrogen (secondary N) is 2. The number of carbonyl (C=O) groups is 1. The predicted molar refractivity (Wildman–Crippen MR) is 79.6 cm³/mol. The van der Waals surface area contributed by atoms with Crippen molar-refractivity contribution < 1.29 is 9.72 Å². The summed E-state index contributed by atoms with van der Waals surface area (Å²) in [7, 11) is 1.68. The number of nitrogens with zero attached hydrogens (tertiary/aromatic N) is 2. The maximum atomic E-state index is 12.2. The van der Waals surface area contributed by atoms with Crippen LogP contribution in [0.4, 0.5) is 17.2 Å². The van der Waals surface area contributed by atoms with Gasteiger partial charge >= 0.3 is 0 Å². The number of hydrogen-bond acceptors (Lipinski definition) is 5. The maximum Gasteiger partial charge on any atom is 0.272 e. The van der Waals surface area contributed by atoms with Gasteiger partial charge < -0.3 is 10.6 Å². The van der Waals surface area contributed by atoms with E-state index in [1.165, 1.54) is 12.1 Å². The average molecular weight is 286 g/mol. The molecule has 0 bridgehead atoms. The van der Waals surface area contributed by atoms with Gasteiger partial charge in [0.15, 0.2) is 0 Å². The van der Waals surface area contributed by atoms with Crippen LogP contribution >= 0.6 is 0 Å². The lowest BCUT2D eigenvalue weighted by Crippen LogP contribution is -2.14. The van der Waals surface area contributed by atoms with E-state index in [4.69, 9.17) is 0 Å². The van der Waals surface area contributed by atoms with Crippen LogP contribution in [0.2, 0.25) is 0 Å². The number of aromatic nitrogens is 1. The van der Waals surface area contributed by atoms with Gasteiger partial charge in [0.2, 0.25) is 0 Å². The fourth-order valence-corrected chi connectivity index (χ4v) is 1.92. The Morgan fingerprint density at radius 2 is 2.10 bits per heavy atom. The molecule has 2 rings (SSSR count). The lowest BCUT2D eigenvalue weighted by atomic mass is 10.1. The average Bonchev–Trinajstić information content (AvgIpc) is 2.46. The Bertz CT molecular complexity index is 700. The molecule has 7 heteroatoms. The Morgan fingerprint density at radius 1 is 1.33 bits per heavy atom. The number of anilines is 2. The first-order chi connectivity index (χ1) is 10.0. The number of aryl methyl sites for hydroxylation is 1. The lowest BCUT2D eigenvalue weighted by molar-refractivity contribution is -0.385. The summed E-state index contributed by atoms with van der Waals surface area (Å²) in [6, 6.07) is 7.74. The second kappa shape index (κ2) is 6.00. The van der Waals surface area contributed by atoms with Crippen LogP contribution in [0.15, 0.2) is 36.5 Å². The predicted octanol–water partition coefficient (Wildman–Crippen LogP) is 2.59. The molecule has 0 radical (unpaired) electrons. The molecule has 0 aliphatic heterocycles. The van der Waals surface area contributed by atoms with Gasteiger partial charge in [0.1, 0.15) is 5.82 Å². The fraction of sp³-hybridized carbons (Fsp3) is 0.143. The molecule has 0 saturated carbocycles. The van der Waals surface area contributed by atoms with Crippen molar-refractivity contribution in [3.05, 3.63) is 57.8 Å². The fourth-order valence-electron chi connectivity index (χ4n) is 1.92. The second-order valence-corrected chi connectivity index (χ2v) is 4.36. The van der Waals surface area contributed by atoms with Gasteiger partial charge in [-0.2, -0.15) is 0 Å². The standard InChI is InChI=1S/C14H14N4O3/c1-9-8-10(5-6-12(9)18(20)21)17-14(19)11-4-3-7-16-13(11)15-2/h3-8H,1-2H3,(H,15,16)(H,17,19). The van der Waals surface area contributed by atoms with E-state index >= 15 is 0 Å². The molecule has 0 unspecified atom stereocenters. The molecule has 7 nitrogen and oxygen atoms in total. The van der Waals surface area contributed by atoms with Crippen molar-refractivity contribution in [2.45, 2.75) is 6.92 Å². The van der Waals surface area contributed by atoms with E-state index in [9.17, 15) is 14.9 Å². The molecule has 0 fully saturated rings. The molecule has 0 aliphatic rings. The topological polar surface area (TPSA) is 97.2 Å². The Hall–Kier alpha value is -2.96. The molecule has 21 heavy (non-hydrogen) atoms. The van der Waals surface area contributed by atoms with Crippen molar-refractivity contribution in [3.63, 3.8) is 0 Å². The molecule has 2 aromatic rings. The van der Waals surface area contributed by atoms with Crippen molar-refractivity contribution in [2.24, 2.45) is 0 Å². The monoisotopic (exact) mass is 286 g/mol. The van der Waals surface area contributed by atoms with E-state index in [1.807, 2.05) is 0 Å². The molecule has 0 spiro atoms. The summed E-state index contributed by atoms with van der Waals surface area (Å²) in [5, 5.41) is 16.3. The van der Waals surface area contributed by atoms with E-state index in [-0.39, 0.29) is 11.6 Å². The van der Waals surface area contributed by atoms with Gasteiger partial charge in [-0.25, -0.2) is 4.98 Å². The summed E-state index contributed by atoms with van der Waals surface area (Å²) < 4.78 is 0. The minimum Gasteiger partial charge on any atom is -0.372 e. The summed E-state index contributed by atoms with van der Waals surface area (Å²) in [6.45, 7) is 1.62. The quantitative estimate of drug-likeness (QED) is 0.665. The van der Waals surface area contributed by atoms with Gasteiger partial charge in [0, 0.05) is 30.6 Å². The molecule has 0 saturated heterocycles. The Kier molecular flexibility index (Phi) is 4.13.